The van der Waals surface area contributed by atoms with Crippen LogP contribution >= 0.6 is 12.2 Å². The lowest BCUT2D eigenvalue weighted by atomic mass is 9.71. The molecule has 2 atom stereocenters. The van der Waals surface area contributed by atoms with Gasteiger partial charge < -0.3 is 10.2 Å². The number of aromatic nitrogens is 1. The van der Waals surface area contributed by atoms with E-state index in [1.807, 2.05) is 24.4 Å². The first-order valence-corrected chi connectivity index (χ1v) is 14.3. The van der Waals surface area contributed by atoms with Crippen molar-refractivity contribution in [1.82, 2.24) is 15.2 Å². The Morgan fingerprint density at radius 2 is 1.66 bits per heavy atom. The molecule has 4 nitrogen and oxygen atoms in total. The minimum Gasteiger partial charge on any atom is -0.351 e. The molecule has 38 heavy (non-hydrogen) atoms. The van der Waals surface area contributed by atoms with Crippen molar-refractivity contribution in [3.63, 3.8) is 0 Å². The molecule has 0 saturated carbocycles. The number of carbonyl (C=O) groups excluding carboxylic acids is 1. The molecule has 1 aromatic heterocycles. The molecule has 3 aromatic rings. The summed E-state index contributed by atoms with van der Waals surface area (Å²) in [6.45, 7) is 6.00. The maximum atomic E-state index is 12.7. The Hall–Kier alpha value is -3.15. The molecule has 196 valence electrons. The molecule has 5 heteroatoms. The molecule has 1 aliphatic heterocycles. The van der Waals surface area contributed by atoms with Gasteiger partial charge in [0.1, 0.15) is 0 Å². The van der Waals surface area contributed by atoms with Crippen LogP contribution in [0.25, 0.3) is 0 Å². The lowest BCUT2D eigenvalue weighted by Gasteiger charge is -2.34. The summed E-state index contributed by atoms with van der Waals surface area (Å²) in [7, 11) is 0. The van der Waals surface area contributed by atoms with E-state index in [0.717, 1.165) is 48.6 Å². The fraction of sp³-hybridized carbons (Fsp3) is 0.364. The highest BCUT2D eigenvalue weighted by Gasteiger charge is 2.35. The van der Waals surface area contributed by atoms with E-state index < -0.39 is 0 Å². The van der Waals surface area contributed by atoms with Gasteiger partial charge in [0.15, 0.2) is 0 Å². The molecule has 1 amide bonds. The maximum Gasteiger partial charge on any atom is 0.251 e. The highest BCUT2D eigenvalue weighted by atomic mass is 32.1. The Kier molecular flexibility index (Phi) is 8.77. The summed E-state index contributed by atoms with van der Waals surface area (Å²) in [4.78, 5) is 21.0. The number of benzene rings is 2. The maximum absolute atomic E-state index is 12.7. The standard InChI is InChI=1S/C33H37N3OS/c1-2-27-29(22-24-10-5-3-6-11-24)28-12-9-17-34-31(28)30(32(27)38)23-25-13-15-26(16-14-25)33(37)35-18-21-36-19-7-4-8-20-36/h2-3,5-6,9-17,29-30H,4,7-8,18-23H2,1H3,(H,35,37). The topological polar surface area (TPSA) is 45.2 Å². The first-order valence-electron chi connectivity index (χ1n) is 13.9. The molecule has 0 radical (unpaired) electrons. The Morgan fingerprint density at radius 3 is 2.39 bits per heavy atom. The lowest BCUT2D eigenvalue weighted by molar-refractivity contribution is 0.0946. The van der Waals surface area contributed by atoms with Crippen molar-refractivity contribution < 1.29 is 4.79 Å². The Labute approximate surface area is 232 Å². The third kappa shape index (κ3) is 6.11. The number of hydrogen-bond acceptors (Lipinski definition) is 4. The second kappa shape index (κ2) is 12.6. The highest BCUT2D eigenvalue weighted by molar-refractivity contribution is 7.81. The summed E-state index contributed by atoms with van der Waals surface area (Å²) in [5.41, 5.74) is 6.76. The van der Waals surface area contributed by atoms with Crippen molar-refractivity contribution in [2.45, 2.75) is 50.9 Å². The Morgan fingerprint density at radius 1 is 0.947 bits per heavy atom. The van der Waals surface area contributed by atoms with Crippen LogP contribution in [0.2, 0.25) is 0 Å². The fourth-order valence-corrected chi connectivity index (χ4v) is 6.38. The molecular weight excluding hydrogens is 486 g/mol. The van der Waals surface area contributed by atoms with Gasteiger partial charge in [-0.25, -0.2) is 0 Å². The fourth-order valence-electron chi connectivity index (χ4n) is 5.92. The SMILES string of the molecule is CC=C1C(=S)C(Cc2ccc(C(=O)NCCN3CCCCC3)cc2)c2ncccc2C1Cc1ccccc1. The van der Waals surface area contributed by atoms with E-state index in [1.165, 1.54) is 36.0 Å². The van der Waals surface area contributed by atoms with E-state index in [4.69, 9.17) is 17.2 Å². The van der Waals surface area contributed by atoms with Crippen molar-refractivity contribution in [2.24, 2.45) is 0 Å². The predicted octanol–water partition coefficient (Wildman–Crippen LogP) is 6.28. The van der Waals surface area contributed by atoms with Gasteiger partial charge >= 0.3 is 0 Å². The summed E-state index contributed by atoms with van der Waals surface area (Å²) in [6.07, 6.45) is 9.61. The van der Waals surface area contributed by atoms with Crippen LogP contribution in [0.5, 0.6) is 0 Å². The number of rotatable bonds is 8. The molecule has 1 saturated heterocycles. The number of fused-ring (bicyclic) bond motifs is 1. The first kappa shape index (κ1) is 26.5. The third-order valence-corrected chi connectivity index (χ3v) is 8.49. The van der Waals surface area contributed by atoms with Gasteiger partial charge in [-0.1, -0.05) is 73.2 Å². The molecule has 2 aliphatic rings. The molecule has 2 unspecified atom stereocenters. The summed E-state index contributed by atoms with van der Waals surface area (Å²) in [5.74, 6) is 0.253. The third-order valence-electron chi connectivity index (χ3n) is 7.97. The number of allylic oxidation sites excluding steroid dienone is 2. The van der Waals surface area contributed by atoms with Crippen LogP contribution in [0.3, 0.4) is 0 Å². The number of piperidine rings is 1. The van der Waals surface area contributed by atoms with Crippen LogP contribution in [0, 0.1) is 0 Å². The number of nitrogens with one attached hydrogen (secondary N) is 1. The number of likely N-dealkylation sites (tertiary alicyclic amines) is 1. The molecular formula is C33H37N3OS. The smallest absolute Gasteiger partial charge is 0.251 e. The van der Waals surface area contributed by atoms with Gasteiger partial charge in [0.25, 0.3) is 5.91 Å². The van der Waals surface area contributed by atoms with Crippen molar-refractivity contribution in [1.29, 1.82) is 0 Å². The molecule has 0 spiro atoms. The molecule has 2 heterocycles. The molecule has 1 N–H and O–H groups in total. The summed E-state index contributed by atoms with van der Waals surface area (Å²) >= 11 is 6.11. The second-order valence-electron chi connectivity index (χ2n) is 10.4. The quantitative estimate of drug-likeness (QED) is 0.279. The molecule has 5 rings (SSSR count). The van der Waals surface area contributed by atoms with E-state index in [0.29, 0.717) is 12.1 Å². The van der Waals surface area contributed by atoms with Crippen molar-refractivity contribution >= 4 is 23.0 Å². The van der Waals surface area contributed by atoms with Gasteiger partial charge in [0.2, 0.25) is 0 Å². The average Bonchev–Trinajstić information content (AvgIpc) is 2.96. The van der Waals surface area contributed by atoms with E-state index in [9.17, 15) is 4.79 Å². The predicted molar refractivity (Wildman–Crippen MR) is 159 cm³/mol. The summed E-state index contributed by atoms with van der Waals surface area (Å²) < 4.78 is 0. The first-order chi connectivity index (χ1) is 18.6. The largest absolute Gasteiger partial charge is 0.351 e. The van der Waals surface area contributed by atoms with Crippen LogP contribution < -0.4 is 5.32 Å². The Bertz CT molecular complexity index is 1280. The normalized spacial score (nSPS) is 20.8. The van der Waals surface area contributed by atoms with Gasteiger partial charge in [-0.15, -0.1) is 0 Å². The number of hydrogen-bond donors (Lipinski definition) is 1. The van der Waals surface area contributed by atoms with Gasteiger partial charge in [0.05, 0.1) is 5.69 Å². The lowest BCUT2D eigenvalue weighted by Crippen LogP contribution is -2.37. The number of amides is 1. The minimum absolute atomic E-state index is 0.00582. The number of thiocarbonyl (C=S) groups is 1. The molecule has 2 aromatic carbocycles. The van der Waals surface area contributed by atoms with Gasteiger partial charge in [-0.2, -0.15) is 0 Å². The summed E-state index contributed by atoms with van der Waals surface area (Å²) in [6, 6.07) is 22.9. The van der Waals surface area contributed by atoms with E-state index in [2.05, 4.69) is 71.7 Å². The minimum atomic E-state index is -0.00582. The zero-order chi connectivity index (χ0) is 26.3. The second-order valence-corrected chi connectivity index (χ2v) is 10.9. The number of pyridine rings is 1. The van der Waals surface area contributed by atoms with Crippen LogP contribution in [0.4, 0.5) is 0 Å². The van der Waals surface area contributed by atoms with Crippen LogP contribution in [-0.4, -0.2) is 46.8 Å². The van der Waals surface area contributed by atoms with Crippen LogP contribution in [0.15, 0.2) is 84.6 Å². The number of carbonyl (C=O) groups is 1. The van der Waals surface area contributed by atoms with Gasteiger partial charge in [-0.05, 0) is 86.2 Å². The van der Waals surface area contributed by atoms with Gasteiger partial charge in [-0.3, -0.25) is 9.78 Å². The van der Waals surface area contributed by atoms with Crippen molar-refractivity contribution in [3.8, 4) is 0 Å². The van der Waals surface area contributed by atoms with Gasteiger partial charge in [0, 0.05) is 41.6 Å². The number of nitrogens with zero attached hydrogens (tertiary/aromatic N) is 2. The Balaban J connectivity index is 1.28. The molecule has 0 bridgehead atoms. The van der Waals surface area contributed by atoms with E-state index in [1.54, 1.807) is 0 Å². The summed E-state index contributed by atoms with van der Waals surface area (Å²) in [5, 5.41) is 3.09. The zero-order valence-corrected chi connectivity index (χ0v) is 23.1. The van der Waals surface area contributed by atoms with E-state index >= 15 is 0 Å². The molecule has 1 aliphatic carbocycles. The highest BCUT2D eigenvalue weighted by Crippen LogP contribution is 2.42. The zero-order valence-electron chi connectivity index (χ0n) is 22.2. The van der Waals surface area contributed by atoms with Crippen LogP contribution in [-0.2, 0) is 12.8 Å². The monoisotopic (exact) mass is 523 g/mol. The van der Waals surface area contributed by atoms with Crippen molar-refractivity contribution in [3.05, 3.63) is 113 Å². The molecule has 1 fully saturated rings. The van der Waals surface area contributed by atoms with E-state index in [-0.39, 0.29) is 17.7 Å². The average molecular weight is 524 g/mol. The van der Waals surface area contributed by atoms with Crippen LogP contribution in [0.1, 0.15) is 70.8 Å². The van der Waals surface area contributed by atoms with Crippen molar-refractivity contribution in [2.75, 3.05) is 26.2 Å².